The van der Waals surface area contributed by atoms with Crippen LogP contribution < -0.4 is 0 Å². The molecule has 0 amide bonds. The summed E-state index contributed by atoms with van der Waals surface area (Å²) in [4.78, 5) is 73.2. The summed E-state index contributed by atoms with van der Waals surface area (Å²) < 4.78 is 68.7. The third-order valence-corrected chi connectivity index (χ3v) is 18.7. The van der Waals surface area contributed by atoms with Crippen molar-refractivity contribution in [3.8, 4) is 0 Å². The number of carbonyl (C=O) groups is 4. The minimum Gasteiger partial charge on any atom is -0.462 e. The molecule has 0 aliphatic heterocycles. The lowest BCUT2D eigenvalue weighted by Gasteiger charge is -2.21. The minimum absolute atomic E-state index is 0.0679. The van der Waals surface area contributed by atoms with E-state index in [1.54, 1.807) is 0 Å². The van der Waals surface area contributed by atoms with Crippen molar-refractivity contribution in [3.63, 3.8) is 0 Å². The van der Waals surface area contributed by atoms with E-state index in [1.165, 1.54) is 19.3 Å². The molecule has 0 spiro atoms. The van der Waals surface area contributed by atoms with Crippen LogP contribution in [0.3, 0.4) is 0 Å². The first kappa shape index (κ1) is 101. The molecule has 3 N–H and O–H groups in total. The van der Waals surface area contributed by atoms with Crippen molar-refractivity contribution in [2.45, 2.75) is 341 Å². The maximum absolute atomic E-state index is 13.1. The van der Waals surface area contributed by atoms with Crippen molar-refractivity contribution in [1.82, 2.24) is 0 Å². The molecule has 17 nitrogen and oxygen atoms in total. The van der Waals surface area contributed by atoms with E-state index in [1.807, 2.05) is 0 Å². The number of hydrogen-bond donors (Lipinski definition) is 3. The Hall–Kier alpha value is -5.06. The SMILES string of the molecule is CC/C=C\C/C=C\C/C=C\C/C=C\CCCCCCCCC(=O)OCC(COP(=O)(O)OCC(O)COP(=O)(O)OCC(COC(=O)CCCCCCCCC/C=C\C/C=C\C/C=C\CC)OC(=O)CCCCCCC/C=C\C/C=C\CCCCC)OC(=O)CCCCCCC/C=C\C/C=C\C/C=C\CC. The fourth-order valence-electron chi connectivity index (χ4n) is 10.6. The fraction of sp³-hybridized carbons (Fsp3) is 0.678. The molecule has 0 saturated carbocycles. The second kappa shape index (κ2) is 78.1. The molecule has 19 heteroatoms. The Morgan fingerprint density at radius 2 is 0.491 bits per heavy atom. The van der Waals surface area contributed by atoms with E-state index in [4.69, 9.17) is 37.0 Å². The van der Waals surface area contributed by atoms with Crippen molar-refractivity contribution in [3.05, 3.63) is 146 Å². The van der Waals surface area contributed by atoms with E-state index in [9.17, 15) is 43.2 Å². The van der Waals surface area contributed by atoms with Gasteiger partial charge >= 0.3 is 39.5 Å². The quantitative estimate of drug-likeness (QED) is 0.0169. The molecule has 606 valence electrons. The van der Waals surface area contributed by atoms with Crippen LogP contribution in [-0.4, -0.2) is 96.7 Å². The van der Waals surface area contributed by atoms with Gasteiger partial charge in [-0.3, -0.25) is 37.3 Å². The normalized spacial score (nSPS) is 14.6. The van der Waals surface area contributed by atoms with Gasteiger partial charge in [0.15, 0.2) is 12.2 Å². The fourth-order valence-corrected chi connectivity index (χ4v) is 12.2. The number of phosphoric acid groups is 2. The molecule has 0 radical (unpaired) electrons. The van der Waals surface area contributed by atoms with Gasteiger partial charge in [0.2, 0.25) is 0 Å². The molecule has 106 heavy (non-hydrogen) atoms. The Kier molecular flexibility index (Phi) is 74.3. The zero-order valence-electron chi connectivity index (χ0n) is 66.3. The van der Waals surface area contributed by atoms with Gasteiger partial charge in [-0.05, 0) is 161 Å². The second-order valence-electron chi connectivity index (χ2n) is 26.9. The number of allylic oxidation sites excluding steroid dienone is 24. The number of carbonyl (C=O) groups excluding carboxylic acids is 4. The Balaban J connectivity index is 5.40. The van der Waals surface area contributed by atoms with Gasteiger partial charge in [-0.1, -0.05) is 283 Å². The summed E-state index contributed by atoms with van der Waals surface area (Å²) in [5.74, 6) is -2.23. The monoisotopic (exact) mass is 1530 g/mol. The summed E-state index contributed by atoms with van der Waals surface area (Å²) in [5, 5.41) is 10.7. The van der Waals surface area contributed by atoms with Crippen molar-refractivity contribution in [2.24, 2.45) is 0 Å². The number of unbranched alkanes of at least 4 members (excludes halogenated alkanes) is 26. The number of rotatable bonds is 76. The van der Waals surface area contributed by atoms with Gasteiger partial charge in [0.25, 0.3) is 0 Å². The Bertz CT molecular complexity index is 2580. The molecule has 5 unspecified atom stereocenters. The van der Waals surface area contributed by atoms with Crippen molar-refractivity contribution in [2.75, 3.05) is 39.6 Å². The molecular weight excluding hydrogens is 1380 g/mol. The van der Waals surface area contributed by atoms with Gasteiger partial charge < -0.3 is 33.8 Å². The van der Waals surface area contributed by atoms with Gasteiger partial charge in [-0.2, -0.15) is 0 Å². The molecular formula is C87H146O17P2. The first-order valence-corrected chi connectivity index (χ1v) is 44.1. The van der Waals surface area contributed by atoms with Crippen LogP contribution in [-0.2, 0) is 65.4 Å². The molecule has 0 rings (SSSR count). The Labute approximate surface area is 643 Å². The first-order chi connectivity index (χ1) is 51.7. The number of phosphoric ester groups is 2. The highest BCUT2D eigenvalue weighted by Crippen LogP contribution is 2.45. The Morgan fingerprint density at radius 3 is 0.755 bits per heavy atom. The van der Waals surface area contributed by atoms with Crippen LogP contribution in [0.1, 0.15) is 323 Å². The molecule has 0 aromatic carbocycles. The molecule has 0 heterocycles. The predicted molar refractivity (Wildman–Crippen MR) is 436 cm³/mol. The topological polar surface area (TPSA) is 237 Å². The van der Waals surface area contributed by atoms with Crippen LogP contribution in [0.15, 0.2) is 146 Å². The summed E-state index contributed by atoms with van der Waals surface area (Å²) >= 11 is 0. The van der Waals surface area contributed by atoms with E-state index < -0.39 is 97.5 Å². The standard InChI is InChI=1S/C87H146O17P2/c1-5-9-13-17-21-25-29-33-37-39-40-42-46-48-52-56-60-64-68-72-85(90)98-78-83(104-87(92)74-70-66-62-58-54-50-44-36-32-28-24-20-16-12-8-4)80-102-106(95,96)100-76-81(88)75-99-105(93,94)101-79-82(103-86(91)73-69-65-61-57-53-49-43-35-31-27-23-19-15-11-7-3)77-97-84(89)71-67-63-59-55-51-47-45-41-38-34-30-26-22-18-14-10-6-2/h9-10,12-14,16,21-28,33-38,40,42-44,81-83,88H,5-8,11,15,17-20,29-32,39,41,45-80H2,1-4H3,(H,93,94)(H,95,96)/b13-9-,14-10-,16-12-,25-21-,26-22-,27-23-,28-24-,37-33-,38-34-,42-40-,43-35-,44-36-. The Morgan fingerprint density at radius 1 is 0.274 bits per heavy atom. The molecule has 0 fully saturated rings. The lowest BCUT2D eigenvalue weighted by atomic mass is 10.1. The number of esters is 4. The lowest BCUT2D eigenvalue weighted by molar-refractivity contribution is -0.161. The maximum Gasteiger partial charge on any atom is 0.472 e. The van der Waals surface area contributed by atoms with E-state index in [0.717, 1.165) is 225 Å². The van der Waals surface area contributed by atoms with Crippen LogP contribution in [0.5, 0.6) is 0 Å². The predicted octanol–water partition coefficient (Wildman–Crippen LogP) is 24.2. The highest BCUT2D eigenvalue weighted by molar-refractivity contribution is 7.47. The van der Waals surface area contributed by atoms with Crippen LogP contribution in [0.25, 0.3) is 0 Å². The van der Waals surface area contributed by atoms with Crippen LogP contribution >= 0.6 is 15.6 Å². The third-order valence-electron chi connectivity index (χ3n) is 16.8. The largest absolute Gasteiger partial charge is 0.472 e. The van der Waals surface area contributed by atoms with Crippen LogP contribution in [0.4, 0.5) is 0 Å². The summed E-state index contributed by atoms with van der Waals surface area (Å²) in [6, 6.07) is 0. The average molecular weight is 1530 g/mol. The molecule has 0 aromatic rings. The molecule has 5 atom stereocenters. The lowest BCUT2D eigenvalue weighted by Crippen LogP contribution is -2.30. The van der Waals surface area contributed by atoms with Gasteiger partial charge in [0.05, 0.1) is 26.4 Å². The van der Waals surface area contributed by atoms with Crippen molar-refractivity contribution in [1.29, 1.82) is 0 Å². The molecule has 0 aromatic heterocycles. The number of hydrogen-bond acceptors (Lipinski definition) is 15. The zero-order chi connectivity index (χ0) is 77.4. The molecule has 0 bridgehead atoms. The highest BCUT2D eigenvalue weighted by atomic mass is 31.2. The molecule has 0 aliphatic rings. The van der Waals surface area contributed by atoms with Crippen LogP contribution in [0, 0.1) is 0 Å². The summed E-state index contributed by atoms with van der Waals surface area (Å²) in [6.07, 6.45) is 89.5. The second-order valence-corrected chi connectivity index (χ2v) is 29.8. The smallest absolute Gasteiger partial charge is 0.462 e. The van der Waals surface area contributed by atoms with E-state index in [-0.39, 0.29) is 25.7 Å². The molecule has 0 aliphatic carbocycles. The number of ether oxygens (including phenoxy) is 4. The van der Waals surface area contributed by atoms with E-state index in [2.05, 4.69) is 174 Å². The maximum atomic E-state index is 13.1. The summed E-state index contributed by atoms with van der Waals surface area (Å²) in [7, 11) is -9.98. The highest BCUT2D eigenvalue weighted by Gasteiger charge is 2.30. The molecule has 0 saturated heterocycles. The summed E-state index contributed by atoms with van der Waals surface area (Å²) in [6.45, 7) is 4.47. The first-order valence-electron chi connectivity index (χ1n) is 41.1. The van der Waals surface area contributed by atoms with Crippen LogP contribution in [0.2, 0.25) is 0 Å². The van der Waals surface area contributed by atoms with Gasteiger partial charge in [0, 0.05) is 25.7 Å². The average Bonchev–Trinajstić information content (AvgIpc) is 0.909. The van der Waals surface area contributed by atoms with Gasteiger partial charge in [0.1, 0.15) is 19.3 Å². The van der Waals surface area contributed by atoms with Crippen molar-refractivity contribution >= 4 is 39.5 Å². The van der Waals surface area contributed by atoms with Gasteiger partial charge in [-0.15, -0.1) is 0 Å². The number of aliphatic hydroxyl groups excluding tert-OH is 1. The van der Waals surface area contributed by atoms with E-state index >= 15 is 0 Å². The minimum atomic E-state index is -4.99. The summed E-state index contributed by atoms with van der Waals surface area (Å²) in [5.41, 5.74) is 0. The third kappa shape index (κ3) is 77.1. The van der Waals surface area contributed by atoms with Gasteiger partial charge in [-0.25, -0.2) is 9.13 Å². The number of aliphatic hydroxyl groups is 1. The van der Waals surface area contributed by atoms with Crippen molar-refractivity contribution < 1.29 is 80.2 Å². The zero-order valence-corrected chi connectivity index (χ0v) is 68.1. The van der Waals surface area contributed by atoms with E-state index in [0.29, 0.717) is 25.7 Å².